The van der Waals surface area contributed by atoms with E-state index < -0.39 is 0 Å². The number of hydrogen-bond acceptors (Lipinski definition) is 3. The number of nitrogens with two attached hydrogens (primary N) is 1. The fourth-order valence-corrected chi connectivity index (χ4v) is 2.84. The van der Waals surface area contributed by atoms with E-state index in [-0.39, 0.29) is 6.29 Å². The first-order valence-corrected chi connectivity index (χ1v) is 7.20. The van der Waals surface area contributed by atoms with Crippen molar-refractivity contribution in [1.82, 2.24) is 0 Å². The first-order valence-electron chi connectivity index (χ1n) is 6.12. The predicted octanol–water partition coefficient (Wildman–Crippen LogP) is 3.32. The van der Waals surface area contributed by atoms with Crippen molar-refractivity contribution in [3.05, 3.63) is 45.5 Å². The maximum Gasteiger partial charge on any atom is 0.253 e. The Kier molecular flexibility index (Phi) is 3.36. The topological polar surface area (TPSA) is 44.5 Å². The zero-order valence-corrected chi connectivity index (χ0v) is 12.7. The molecule has 1 heterocycles. The first kappa shape index (κ1) is 12.7. The lowest BCUT2D eigenvalue weighted by atomic mass is 9.99. The van der Waals surface area contributed by atoms with Crippen LogP contribution in [0.5, 0.6) is 11.5 Å². The first-order chi connectivity index (χ1) is 9.19. The van der Waals surface area contributed by atoms with Gasteiger partial charge in [0.2, 0.25) is 0 Å². The third-order valence-electron chi connectivity index (χ3n) is 3.16. The summed E-state index contributed by atoms with van der Waals surface area (Å²) in [6.07, 6.45) is -0.379. The lowest BCUT2D eigenvalue weighted by Gasteiger charge is -2.10. The molecule has 98 valence electrons. The molecule has 1 unspecified atom stereocenters. The molecule has 1 aliphatic rings. The SMILES string of the molecule is Cc1ccccc1-c1cc(I)cc2c1OC(CN)O2. The summed E-state index contributed by atoms with van der Waals surface area (Å²) in [4.78, 5) is 0. The van der Waals surface area contributed by atoms with Gasteiger partial charge < -0.3 is 15.2 Å². The summed E-state index contributed by atoms with van der Waals surface area (Å²) >= 11 is 2.29. The van der Waals surface area contributed by atoms with Gasteiger partial charge in [-0.05, 0) is 52.8 Å². The summed E-state index contributed by atoms with van der Waals surface area (Å²) < 4.78 is 12.6. The van der Waals surface area contributed by atoms with Crippen LogP contribution in [-0.4, -0.2) is 12.8 Å². The van der Waals surface area contributed by atoms with Gasteiger partial charge in [-0.25, -0.2) is 0 Å². The number of ether oxygens (including phenoxy) is 2. The Bertz CT molecular complexity index is 628. The molecule has 3 nitrogen and oxygen atoms in total. The molecule has 0 aromatic heterocycles. The van der Waals surface area contributed by atoms with Crippen molar-refractivity contribution in [2.75, 3.05) is 6.54 Å². The molecule has 0 spiro atoms. The van der Waals surface area contributed by atoms with Crippen LogP contribution in [0.4, 0.5) is 0 Å². The molecule has 0 radical (unpaired) electrons. The molecule has 0 aliphatic carbocycles. The molecule has 0 saturated heterocycles. The highest BCUT2D eigenvalue weighted by atomic mass is 127. The number of aryl methyl sites for hydroxylation is 1. The van der Waals surface area contributed by atoms with E-state index >= 15 is 0 Å². The second kappa shape index (κ2) is 5.02. The minimum Gasteiger partial charge on any atom is -0.450 e. The van der Waals surface area contributed by atoms with Gasteiger partial charge in [0.05, 0.1) is 6.54 Å². The molecule has 0 amide bonds. The van der Waals surface area contributed by atoms with E-state index in [2.05, 4.69) is 47.7 Å². The van der Waals surface area contributed by atoms with Crippen molar-refractivity contribution in [3.8, 4) is 22.6 Å². The summed E-state index contributed by atoms with van der Waals surface area (Å²) in [5.74, 6) is 1.57. The van der Waals surface area contributed by atoms with Gasteiger partial charge in [0.25, 0.3) is 6.29 Å². The molecular formula is C15H14INO2. The monoisotopic (exact) mass is 367 g/mol. The van der Waals surface area contributed by atoms with Crippen molar-refractivity contribution in [2.45, 2.75) is 13.2 Å². The average molecular weight is 367 g/mol. The van der Waals surface area contributed by atoms with Crippen molar-refractivity contribution < 1.29 is 9.47 Å². The molecule has 2 aromatic carbocycles. The molecule has 0 fully saturated rings. The van der Waals surface area contributed by atoms with Crippen LogP contribution >= 0.6 is 22.6 Å². The summed E-state index contributed by atoms with van der Waals surface area (Å²) in [7, 11) is 0. The highest BCUT2D eigenvalue weighted by Gasteiger charge is 2.27. The molecule has 1 atom stereocenters. The second-order valence-corrected chi connectivity index (χ2v) is 5.74. The summed E-state index contributed by atoms with van der Waals surface area (Å²) in [6, 6.07) is 12.4. The summed E-state index contributed by atoms with van der Waals surface area (Å²) in [6.45, 7) is 2.44. The third-order valence-corrected chi connectivity index (χ3v) is 3.78. The van der Waals surface area contributed by atoms with Crippen LogP contribution in [0, 0.1) is 10.5 Å². The van der Waals surface area contributed by atoms with E-state index in [4.69, 9.17) is 15.2 Å². The van der Waals surface area contributed by atoms with Gasteiger partial charge in [-0.3, -0.25) is 0 Å². The van der Waals surface area contributed by atoms with Gasteiger partial charge >= 0.3 is 0 Å². The third kappa shape index (κ3) is 2.30. The largest absolute Gasteiger partial charge is 0.450 e. The molecule has 0 saturated carbocycles. The Hall–Kier alpha value is -1.27. The molecule has 3 rings (SSSR count). The summed E-state index contributed by atoms with van der Waals surface area (Å²) in [5, 5.41) is 0. The molecular weight excluding hydrogens is 353 g/mol. The van der Waals surface area contributed by atoms with Crippen LogP contribution < -0.4 is 15.2 Å². The molecule has 4 heteroatoms. The molecule has 1 aliphatic heterocycles. The van der Waals surface area contributed by atoms with Crippen LogP contribution in [0.1, 0.15) is 5.56 Å². The zero-order valence-electron chi connectivity index (χ0n) is 10.5. The van der Waals surface area contributed by atoms with Gasteiger partial charge in [0.15, 0.2) is 11.5 Å². The Morgan fingerprint density at radius 3 is 2.68 bits per heavy atom. The normalized spacial score (nSPS) is 16.7. The van der Waals surface area contributed by atoms with Gasteiger partial charge in [-0.2, -0.15) is 0 Å². The maximum absolute atomic E-state index is 5.80. The highest BCUT2D eigenvalue weighted by molar-refractivity contribution is 14.1. The Morgan fingerprint density at radius 2 is 1.95 bits per heavy atom. The number of rotatable bonds is 2. The van der Waals surface area contributed by atoms with E-state index in [1.54, 1.807) is 0 Å². The van der Waals surface area contributed by atoms with Crippen LogP contribution in [0.3, 0.4) is 0 Å². The van der Waals surface area contributed by atoms with Crippen molar-refractivity contribution in [3.63, 3.8) is 0 Å². The minimum absolute atomic E-state index is 0.346. The van der Waals surface area contributed by atoms with E-state index in [1.165, 1.54) is 11.1 Å². The smallest absolute Gasteiger partial charge is 0.253 e. The van der Waals surface area contributed by atoms with Gasteiger partial charge in [0.1, 0.15) is 0 Å². The fraction of sp³-hybridized carbons (Fsp3) is 0.200. The van der Waals surface area contributed by atoms with Gasteiger partial charge in [-0.1, -0.05) is 24.3 Å². The zero-order chi connectivity index (χ0) is 13.4. The number of fused-ring (bicyclic) bond motifs is 1. The number of benzene rings is 2. The molecule has 0 bridgehead atoms. The quantitative estimate of drug-likeness (QED) is 0.829. The van der Waals surface area contributed by atoms with Gasteiger partial charge in [0, 0.05) is 9.13 Å². The minimum atomic E-state index is -0.379. The Labute approximate surface area is 125 Å². The number of halogens is 1. The van der Waals surface area contributed by atoms with Crippen LogP contribution in [0.2, 0.25) is 0 Å². The number of hydrogen-bond donors (Lipinski definition) is 1. The van der Waals surface area contributed by atoms with Gasteiger partial charge in [-0.15, -0.1) is 0 Å². The molecule has 19 heavy (non-hydrogen) atoms. The van der Waals surface area contributed by atoms with Crippen molar-refractivity contribution in [1.29, 1.82) is 0 Å². The standard InChI is InChI=1S/C15H14INO2/c1-9-4-2-3-5-11(9)12-6-10(16)7-13-15(12)19-14(8-17)18-13/h2-7,14H,8,17H2,1H3. The molecule has 2 aromatic rings. The Morgan fingerprint density at radius 1 is 1.16 bits per heavy atom. The maximum atomic E-state index is 5.80. The van der Waals surface area contributed by atoms with E-state index in [9.17, 15) is 0 Å². The van der Waals surface area contributed by atoms with E-state index in [1.807, 2.05) is 18.2 Å². The van der Waals surface area contributed by atoms with E-state index in [0.717, 1.165) is 20.6 Å². The van der Waals surface area contributed by atoms with Crippen molar-refractivity contribution >= 4 is 22.6 Å². The fourth-order valence-electron chi connectivity index (χ4n) is 2.25. The summed E-state index contributed by atoms with van der Waals surface area (Å²) in [5.41, 5.74) is 9.06. The van der Waals surface area contributed by atoms with Crippen LogP contribution in [-0.2, 0) is 0 Å². The van der Waals surface area contributed by atoms with Crippen LogP contribution in [0.25, 0.3) is 11.1 Å². The molecule has 2 N–H and O–H groups in total. The van der Waals surface area contributed by atoms with E-state index in [0.29, 0.717) is 6.54 Å². The predicted molar refractivity (Wildman–Crippen MR) is 83.4 cm³/mol. The second-order valence-electron chi connectivity index (χ2n) is 4.50. The van der Waals surface area contributed by atoms with Crippen LogP contribution in [0.15, 0.2) is 36.4 Å². The Balaban J connectivity index is 2.16. The highest BCUT2D eigenvalue weighted by Crippen LogP contribution is 2.44. The lowest BCUT2D eigenvalue weighted by molar-refractivity contribution is 0.0583. The lowest BCUT2D eigenvalue weighted by Crippen LogP contribution is -2.28. The average Bonchev–Trinajstić information content (AvgIpc) is 2.81. The van der Waals surface area contributed by atoms with Crippen molar-refractivity contribution in [2.24, 2.45) is 5.73 Å².